The second-order valence-corrected chi connectivity index (χ2v) is 11.3. The second-order valence-electron chi connectivity index (χ2n) is 7.40. The largest absolute Gasteiger partial charge is 0.493 e. The minimum Gasteiger partial charge on any atom is -0.493 e. The maximum absolute atomic E-state index is 14.8. The zero-order chi connectivity index (χ0) is 20.8. The van der Waals surface area contributed by atoms with E-state index in [0.29, 0.717) is 18.8 Å². The predicted molar refractivity (Wildman–Crippen MR) is 103 cm³/mol. The Labute approximate surface area is 169 Å². The van der Waals surface area contributed by atoms with Crippen molar-refractivity contribution < 1.29 is 26.0 Å². The summed E-state index contributed by atoms with van der Waals surface area (Å²) in [5.74, 6) is -0.509. The zero-order valence-electron chi connectivity index (χ0n) is 15.9. The van der Waals surface area contributed by atoms with Crippen LogP contribution >= 0.6 is 0 Å². The minimum absolute atomic E-state index is 0.0666. The average molecular weight is 444 g/mol. The van der Waals surface area contributed by atoms with Crippen LogP contribution in [0.4, 0.5) is 4.39 Å². The monoisotopic (exact) mass is 443 g/mol. The number of aromatic nitrogens is 2. The third-order valence-electron chi connectivity index (χ3n) is 5.43. The molecule has 2 atom stereocenters. The molecule has 1 aromatic carbocycles. The summed E-state index contributed by atoms with van der Waals surface area (Å²) in [5.41, 5.74) is 0.818. The molecule has 0 saturated carbocycles. The first-order valence-corrected chi connectivity index (χ1v) is 12.4. The van der Waals surface area contributed by atoms with Gasteiger partial charge in [0.15, 0.2) is 0 Å². The molecule has 1 aromatic heterocycles. The zero-order valence-corrected chi connectivity index (χ0v) is 17.5. The Morgan fingerprint density at radius 1 is 1.28 bits per heavy atom. The number of aryl methyl sites for hydroxylation is 1. The number of piperidine rings is 1. The van der Waals surface area contributed by atoms with E-state index in [-0.39, 0.29) is 29.6 Å². The molecule has 158 valence electrons. The van der Waals surface area contributed by atoms with Gasteiger partial charge in [0.1, 0.15) is 11.9 Å². The summed E-state index contributed by atoms with van der Waals surface area (Å²) in [5, 5.41) is -0.111. The maximum atomic E-state index is 14.8. The molecule has 0 amide bonds. The van der Waals surface area contributed by atoms with Crippen LogP contribution in [0.1, 0.15) is 12.0 Å². The third-order valence-corrected chi connectivity index (χ3v) is 9.10. The summed E-state index contributed by atoms with van der Waals surface area (Å²) in [6.07, 6.45) is 2.06. The van der Waals surface area contributed by atoms with E-state index in [0.717, 1.165) is 9.87 Å². The summed E-state index contributed by atoms with van der Waals surface area (Å²) in [6.45, 7) is 0.217. The molecule has 1 fully saturated rings. The maximum Gasteiger partial charge on any atom is 0.243 e. The van der Waals surface area contributed by atoms with Crippen LogP contribution in [0.5, 0.6) is 5.75 Å². The lowest BCUT2D eigenvalue weighted by molar-refractivity contribution is 0.145. The summed E-state index contributed by atoms with van der Waals surface area (Å²) in [6, 6.07) is 4.65. The van der Waals surface area contributed by atoms with Gasteiger partial charge in [0.25, 0.3) is 0 Å². The van der Waals surface area contributed by atoms with Crippen molar-refractivity contribution in [3.05, 3.63) is 36.2 Å². The molecule has 2 aliphatic rings. The molecule has 1 saturated heterocycles. The van der Waals surface area contributed by atoms with Crippen molar-refractivity contribution in [3.8, 4) is 5.75 Å². The van der Waals surface area contributed by atoms with Crippen molar-refractivity contribution in [2.24, 2.45) is 13.0 Å². The number of hydrogen-bond donors (Lipinski definition) is 0. The van der Waals surface area contributed by atoms with Gasteiger partial charge in [-0.2, -0.15) is 4.31 Å². The van der Waals surface area contributed by atoms with Crippen LogP contribution < -0.4 is 4.74 Å². The van der Waals surface area contributed by atoms with Crippen molar-refractivity contribution in [2.45, 2.75) is 29.1 Å². The predicted octanol–water partition coefficient (Wildman–Crippen LogP) is 1.18. The molecule has 11 heteroatoms. The molecule has 29 heavy (non-hydrogen) atoms. The highest BCUT2D eigenvalue weighted by molar-refractivity contribution is 7.91. The van der Waals surface area contributed by atoms with Crippen LogP contribution in [0.3, 0.4) is 0 Å². The van der Waals surface area contributed by atoms with Gasteiger partial charge < -0.3 is 9.30 Å². The smallest absolute Gasteiger partial charge is 0.243 e. The Hall–Kier alpha value is -1.98. The number of halogens is 1. The fraction of sp³-hybridized carbons (Fsp3) is 0.500. The van der Waals surface area contributed by atoms with E-state index in [1.54, 1.807) is 19.2 Å². The summed E-state index contributed by atoms with van der Waals surface area (Å²) in [7, 11) is -6.06. The first-order chi connectivity index (χ1) is 13.7. The highest BCUT2D eigenvalue weighted by atomic mass is 32.2. The highest BCUT2D eigenvalue weighted by Crippen LogP contribution is 2.31. The Balaban J connectivity index is 1.48. The molecule has 3 heterocycles. The molecule has 2 aliphatic heterocycles. The molecular weight excluding hydrogens is 421 g/mol. The number of fused-ring (bicyclic) bond motifs is 1. The van der Waals surface area contributed by atoms with Gasteiger partial charge >= 0.3 is 0 Å². The van der Waals surface area contributed by atoms with E-state index in [1.807, 2.05) is 0 Å². The molecule has 0 N–H and O–H groups in total. The van der Waals surface area contributed by atoms with Gasteiger partial charge in [-0.15, -0.1) is 0 Å². The number of alkyl halides is 1. The Morgan fingerprint density at radius 2 is 2.07 bits per heavy atom. The van der Waals surface area contributed by atoms with Gasteiger partial charge in [0.05, 0.1) is 17.3 Å². The number of benzene rings is 1. The minimum atomic E-state index is -3.86. The molecule has 0 bridgehead atoms. The Morgan fingerprint density at radius 3 is 2.76 bits per heavy atom. The third kappa shape index (κ3) is 3.78. The van der Waals surface area contributed by atoms with E-state index < -0.39 is 37.7 Å². The van der Waals surface area contributed by atoms with Gasteiger partial charge in [0.2, 0.25) is 25.0 Å². The van der Waals surface area contributed by atoms with E-state index in [9.17, 15) is 21.2 Å². The molecule has 0 spiro atoms. The number of rotatable bonds is 5. The van der Waals surface area contributed by atoms with Crippen LogP contribution in [0.15, 0.2) is 40.6 Å². The molecule has 8 nitrogen and oxygen atoms in total. The number of sulfonamides is 1. The Kier molecular flexibility index (Phi) is 5.16. The van der Waals surface area contributed by atoms with Gasteiger partial charge in [-0.3, -0.25) is 0 Å². The number of ether oxygens (including phenoxy) is 1. The topological polar surface area (TPSA) is 98.6 Å². The number of imidazole rings is 1. The molecule has 0 unspecified atom stereocenters. The number of sulfone groups is 1. The van der Waals surface area contributed by atoms with E-state index in [2.05, 4.69) is 4.98 Å². The second kappa shape index (κ2) is 7.37. The van der Waals surface area contributed by atoms with Gasteiger partial charge in [0, 0.05) is 44.9 Å². The first kappa shape index (κ1) is 20.3. The van der Waals surface area contributed by atoms with Crippen molar-refractivity contribution in [1.29, 1.82) is 0 Å². The molecule has 2 aromatic rings. The van der Waals surface area contributed by atoms with Crippen LogP contribution in [0.2, 0.25) is 0 Å². The van der Waals surface area contributed by atoms with Crippen LogP contribution in [0.25, 0.3) is 0 Å². The lowest BCUT2D eigenvalue weighted by Crippen LogP contribution is -2.46. The lowest BCUT2D eigenvalue weighted by atomic mass is 9.98. The molecule has 0 aliphatic carbocycles. The SMILES string of the molecule is Cn1ccnc1S(=O)(=O)C[C@@H]1CCN(S(=O)(=O)c2ccc3c(c2)CCO3)C[C@H]1F. The quantitative estimate of drug-likeness (QED) is 0.688. The standard InChI is InChI=1S/C18H22FN3O5S2/c1-21-8-6-20-18(21)28(23,24)12-14-4-7-22(11-16(14)19)29(25,26)15-2-3-17-13(10-15)5-9-27-17/h2-3,6,8,10,14,16H,4-5,7,9,11-12H2,1H3/t14-,16+/m0/s1. The average Bonchev–Trinajstić information content (AvgIpc) is 3.31. The molecule has 4 rings (SSSR count). The van der Waals surface area contributed by atoms with E-state index >= 15 is 0 Å². The van der Waals surface area contributed by atoms with Crippen molar-refractivity contribution in [2.75, 3.05) is 25.4 Å². The normalized spacial score (nSPS) is 23.0. The van der Waals surface area contributed by atoms with E-state index in [1.165, 1.54) is 23.0 Å². The van der Waals surface area contributed by atoms with Gasteiger partial charge in [-0.1, -0.05) is 0 Å². The van der Waals surface area contributed by atoms with E-state index in [4.69, 9.17) is 4.74 Å². The number of nitrogens with zero attached hydrogens (tertiary/aromatic N) is 3. The van der Waals surface area contributed by atoms with Crippen molar-refractivity contribution in [3.63, 3.8) is 0 Å². The molecule has 0 radical (unpaired) electrons. The summed E-state index contributed by atoms with van der Waals surface area (Å²) in [4.78, 5) is 3.94. The van der Waals surface area contributed by atoms with Crippen LogP contribution in [0, 0.1) is 5.92 Å². The summed E-state index contributed by atoms with van der Waals surface area (Å²) < 4.78 is 73.7. The highest BCUT2D eigenvalue weighted by Gasteiger charge is 2.39. The fourth-order valence-corrected chi connectivity index (χ4v) is 7.14. The first-order valence-electron chi connectivity index (χ1n) is 9.28. The van der Waals surface area contributed by atoms with Crippen LogP contribution in [-0.4, -0.2) is 62.3 Å². The summed E-state index contributed by atoms with van der Waals surface area (Å²) >= 11 is 0. The fourth-order valence-electron chi connectivity index (χ4n) is 3.81. The van der Waals surface area contributed by atoms with Gasteiger partial charge in [-0.25, -0.2) is 26.2 Å². The lowest BCUT2D eigenvalue weighted by Gasteiger charge is -2.33. The van der Waals surface area contributed by atoms with Crippen molar-refractivity contribution >= 4 is 19.9 Å². The Bertz CT molecular complexity index is 1130. The van der Waals surface area contributed by atoms with Crippen LogP contribution in [-0.2, 0) is 33.3 Å². The van der Waals surface area contributed by atoms with Gasteiger partial charge in [-0.05, 0) is 30.2 Å². The molecular formula is C18H22FN3O5S2. The van der Waals surface area contributed by atoms with Crippen molar-refractivity contribution in [1.82, 2.24) is 13.9 Å². The number of hydrogen-bond acceptors (Lipinski definition) is 6.